The van der Waals surface area contributed by atoms with Crippen molar-refractivity contribution >= 4 is 23.5 Å². The first-order valence-electron chi connectivity index (χ1n) is 5.10. The van der Waals surface area contributed by atoms with Crippen molar-refractivity contribution in [3.63, 3.8) is 0 Å². The quantitative estimate of drug-likeness (QED) is 0.509. The Balaban J connectivity index is 3.20. The number of benzene rings is 1. The van der Waals surface area contributed by atoms with Gasteiger partial charge in [0, 0.05) is 0 Å². The number of aryl methyl sites for hydroxylation is 1. The molecule has 0 fully saturated rings. The third-order valence-corrected chi connectivity index (χ3v) is 2.29. The summed E-state index contributed by atoms with van der Waals surface area (Å²) in [5.41, 5.74) is 7.16. The van der Waals surface area contributed by atoms with E-state index >= 15 is 0 Å². The fourth-order valence-electron chi connectivity index (χ4n) is 1.53. The number of nitrogens with zero attached hydrogens (tertiary/aromatic N) is 1. The Morgan fingerprint density at radius 1 is 1.47 bits per heavy atom. The Morgan fingerprint density at radius 3 is 2.58 bits per heavy atom. The summed E-state index contributed by atoms with van der Waals surface area (Å²) in [6, 6.07) is 2.45. The predicted molar refractivity (Wildman–Crippen MR) is 70.2 cm³/mol. The lowest BCUT2D eigenvalue weighted by atomic mass is 10.0. The molecule has 0 radical (unpaired) electrons. The second-order valence-corrected chi connectivity index (χ2v) is 4.09. The van der Waals surface area contributed by atoms with Crippen LogP contribution in [0.25, 0.3) is 0 Å². The number of alkyl halides is 3. The molecule has 0 spiro atoms. The van der Waals surface area contributed by atoms with E-state index in [0.29, 0.717) is 5.56 Å². The van der Waals surface area contributed by atoms with Gasteiger partial charge in [0.1, 0.15) is 5.75 Å². The lowest BCUT2D eigenvalue weighted by Crippen LogP contribution is -2.24. The Hall–Kier alpha value is -1.83. The minimum Gasteiger partial charge on any atom is -0.496 e. The molecule has 1 aromatic rings. The highest BCUT2D eigenvalue weighted by molar-refractivity contribution is 7.80. The molecular formula is C11H12F3N3OS. The van der Waals surface area contributed by atoms with Crippen LogP contribution in [0.15, 0.2) is 17.2 Å². The van der Waals surface area contributed by atoms with Crippen molar-refractivity contribution in [1.29, 1.82) is 0 Å². The van der Waals surface area contributed by atoms with Crippen molar-refractivity contribution in [3.05, 3.63) is 28.8 Å². The highest BCUT2D eigenvalue weighted by Gasteiger charge is 2.35. The van der Waals surface area contributed by atoms with Crippen LogP contribution in [0, 0.1) is 6.92 Å². The Labute approximate surface area is 113 Å². The van der Waals surface area contributed by atoms with Gasteiger partial charge in [0.25, 0.3) is 0 Å². The smallest absolute Gasteiger partial charge is 0.419 e. The number of hydrazone groups is 1. The van der Waals surface area contributed by atoms with E-state index in [9.17, 15) is 13.2 Å². The van der Waals surface area contributed by atoms with E-state index in [1.807, 2.05) is 0 Å². The van der Waals surface area contributed by atoms with Gasteiger partial charge in [-0.25, -0.2) is 0 Å². The molecule has 0 aliphatic carbocycles. The molecule has 8 heteroatoms. The number of ether oxygens (including phenoxy) is 1. The highest BCUT2D eigenvalue weighted by atomic mass is 32.1. The Morgan fingerprint density at radius 2 is 2.11 bits per heavy atom. The SMILES string of the molecule is COc1c(C)cc(C=NNC(N)=S)cc1C(F)(F)F. The van der Waals surface area contributed by atoms with Crippen LogP contribution >= 0.6 is 12.2 Å². The zero-order valence-electron chi connectivity index (χ0n) is 10.2. The van der Waals surface area contributed by atoms with E-state index in [-0.39, 0.29) is 16.4 Å². The second kappa shape index (κ2) is 5.87. The number of halogens is 3. The molecule has 0 bridgehead atoms. The molecular weight excluding hydrogens is 279 g/mol. The Kier molecular flexibility index (Phi) is 4.71. The topological polar surface area (TPSA) is 59.6 Å². The van der Waals surface area contributed by atoms with Crippen molar-refractivity contribution in [2.45, 2.75) is 13.1 Å². The summed E-state index contributed by atoms with van der Waals surface area (Å²) < 4.78 is 43.4. The molecule has 0 unspecified atom stereocenters. The minimum absolute atomic E-state index is 0.0717. The molecule has 1 aromatic carbocycles. The monoisotopic (exact) mass is 291 g/mol. The van der Waals surface area contributed by atoms with E-state index in [0.717, 1.165) is 6.07 Å². The lowest BCUT2D eigenvalue weighted by Gasteiger charge is -2.15. The number of nitrogens with one attached hydrogen (secondary N) is 1. The molecule has 0 aliphatic heterocycles. The van der Waals surface area contributed by atoms with Crippen LogP contribution in [-0.4, -0.2) is 18.4 Å². The van der Waals surface area contributed by atoms with Crippen LogP contribution in [0.1, 0.15) is 16.7 Å². The molecule has 104 valence electrons. The number of thiocarbonyl (C=S) groups is 1. The van der Waals surface area contributed by atoms with Gasteiger partial charge < -0.3 is 10.5 Å². The maximum atomic E-state index is 12.9. The van der Waals surface area contributed by atoms with Crippen molar-refractivity contribution in [2.24, 2.45) is 10.8 Å². The van der Waals surface area contributed by atoms with Gasteiger partial charge in [0.2, 0.25) is 0 Å². The molecule has 0 saturated carbocycles. The third-order valence-electron chi connectivity index (χ3n) is 2.19. The van der Waals surface area contributed by atoms with Gasteiger partial charge in [-0.3, -0.25) is 5.43 Å². The summed E-state index contributed by atoms with van der Waals surface area (Å²) in [7, 11) is 1.19. The molecule has 0 aromatic heterocycles. The van der Waals surface area contributed by atoms with Gasteiger partial charge in [-0.1, -0.05) is 0 Å². The minimum atomic E-state index is -4.50. The van der Waals surface area contributed by atoms with Crippen molar-refractivity contribution in [2.75, 3.05) is 7.11 Å². The van der Waals surface area contributed by atoms with E-state index in [4.69, 9.17) is 10.5 Å². The van der Waals surface area contributed by atoms with E-state index in [2.05, 4.69) is 22.7 Å². The number of rotatable bonds is 3. The molecule has 0 saturated heterocycles. The summed E-state index contributed by atoms with van der Waals surface area (Å²) in [6.45, 7) is 1.52. The van der Waals surface area contributed by atoms with Crippen LogP contribution in [0.2, 0.25) is 0 Å². The molecule has 0 amide bonds. The Bertz CT molecular complexity index is 515. The van der Waals surface area contributed by atoms with Gasteiger partial charge in [-0.15, -0.1) is 0 Å². The first-order valence-corrected chi connectivity index (χ1v) is 5.51. The largest absolute Gasteiger partial charge is 0.496 e. The predicted octanol–water partition coefficient (Wildman–Crippen LogP) is 2.19. The number of nitrogens with two attached hydrogens (primary N) is 1. The average molecular weight is 291 g/mol. The molecule has 0 aliphatic rings. The van der Waals surface area contributed by atoms with Crippen LogP contribution in [0.5, 0.6) is 5.75 Å². The number of hydrogen-bond donors (Lipinski definition) is 2. The van der Waals surface area contributed by atoms with E-state index in [1.165, 1.54) is 26.3 Å². The van der Waals surface area contributed by atoms with Gasteiger partial charge in [0.15, 0.2) is 5.11 Å². The van der Waals surface area contributed by atoms with E-state index in [1.54, 1.807) is 0 Å². The van der Waals surface area contributed by atoms with Gasteiger partial charge >= 0.3 is 6.18 Å². The number of methoxy groups -OCH3 is 1. The maximum Gasteiger partial charge on any atom is 0.419 e. The maximum absolute atomic E-state index is 12.9. The molecule has 3 N–H and O–H groups in total. The zero-order valence-corrected chi connectivity index (χ0v) is 11.0. The van der Waals surface area contributed by atoms with Gasteiger partial charge in [-0.05, 0) is 42.4 Å². The fourth-order valence-corrected chi connectivity index (χ4v) is 1.58. The van der Waals surface area contributed by atoms with Crippen LogP contribution in [-0.2, 0) is 6.18 Å². The molecule has 4 nitrogen and oxygen atoms in total. The highest BCUT2D eigenvalue weighted by Crippen LogP contribution is 2.38. The van der Waals surface area contributed by atoms with Crippen LogP contribution in [0.4, 0.5) is 13.2 Å². The normalized spacial score (nSPS) is 11.6. The molecule has 0 heterocycles. The second-order valence-electron chi connectivity index (χ2n) is 3.65. The lowest BCUT2D eigenvalue weighted by molar-refractivity contribution is -0.138. The first kappa shape index (κ1) is 15.2. The molecule has 19 heavy (non-hydrogen) atoms. The summed E-state index contributed by atoms with van der Waals surface area (Å²) in [4.78, 5) is 0. The summed E-state index contributed by atoms with van der Waals surface area (Å²) in [5, 5.41) is 3.54. The average Bonchev–Trinajstić information content (AvgIpc) is 2.26. The number of hydrogen-bond acceptors (Lipinski definition) is 3. The molecule has 1 rings (SSSR count). The van der Waals surface area contributed by atoms with Crippen LogP contribution in [0.3, 0.4) is 0 Å². The van der Waals surface area contributed by atoms with Crippen LogP contribution < -0.4 is 15.9 Å². The first-order chi connectivity index (χ1) is 8.75. The van der Waals surface area contributed by atoms with E-state index < -0.39 is 11.7 Å². The standard InChI is InChI=1S/C11H12F3N3OS/c1-6-3-7(5-16-17-10(15)19)4-8(9(6)18-2)11(12,13)14/h3-5H,1-2H3,(H3,15,17,19). The zero-order chi connectivity index (χ0) is 14.6. The summed E-state index contributed by atoms with van der Waals surface area (Å²) in [6.07, 6.45) is -3.31. The third kappa shape index (κ3) is 4.09. The fraction of sp³-hybridized carbons (Fsp3) is 0.273. The van der Waals surface area contributed by atoms with Crippen molar-refractivity contribution in [3.8, 4) is 5.75 Å². The van der Waals surface area contributed by atoms with Gasteiger partial charge in [0.05, 0.1) is 18.9 Å². The summed E-state index contributed by atoms with van der Waals surface area (Å²) in [5.74, 6) is -0.202. The van der Waals surface area contributed by atoms with Crippen molar-refractivity contribution in [1.82, 2.24) is 5.43 Å². The van der Waals surface area contributed by atoms with Gasteiger partial charge in [-0.2, -0.15) is 18.3 Å². The van der Waals surface area contributed by atoms with Crippen molar-refractivity contribution < 1.29 is 17.9 Å². The molecule has 0 atom stereocenters. The summed E-state index contributed by atoms with van der Waals surface area (Å²) >= 11 is 4.51.